The molecule has 0 spiro atoms. The van der Waals surface area contributed by atoms with Crippen molar-refractivity contribution in [1.82, 2.24) is 16.0 Å². The first-order chi connectivity index (χ1) is 10.3. The molecular formula is C16H29IN4OS. The number of nitrogens with one attached hydrogen (secondary N) is 3. The zero-order chi connectivity index (χ0) is 16.6. The third-order valence-corrected chi connectivity index (χ3v) is 4.00. The lowest BCUT2D eigenvalue weighted by Gasteiger charge is -2.19. The summed E-state index contributed by atoms with van der Waals surface area (Å²) in [5.74, 6) is 1.25. The van der Waals surface area contributed by atoms with Crippen molar-refractivity contribution < 1.29 is 4.79 Å². The molecule has 1 unspecified atom stereocenters. The maximum atomic E-state index is 11.7. The van der Waals surface area contributed by atoms with Gasteiger partial charge in [0.25, 0.3) is 0 Å². The quantitative estimate of drug-likeness (QED) is 0.269. The second-order valence-electron chi connectivity index (χ2n) is 6.34. The molecular weight excluding hydrogens is 423 g/mol. The third-order valence-electron chi connectivity index (χ3n) is 3.30. The Morgan fingerprint density at radius 2 is 1.91 bits per heavy atom. The predicted octanol–water partition coefficient (Wildman–Crippen LogP) is 2.80. The Labute approximate surface area is 160 Å². The minimum absolute atomic E-state index is 0. The highest BCUT2D eigenvalue weighted by molar-refractivity contribution is 14.0. The molecule has 0 aromatic carbocycles. The van der Waals surface area contributed by atoms with Gasteiger partial charge in [0.15, 0.2) is 5.96 Å². The van der Waals surface area contributed by atoms with E-state index in [0.29, 0.717) is 19.0 Å². The van der Waals surface area contributed by atoms with Crippen LogP contribution in [0, 0.1) is 5.41 Å². The molecule has 132 valence electrons. The molecule has 0 aliphatic heterocycles. The van der Waals surface area contributed by atoms with E-state index in [-0.39, 0.29) is 35.3 Å². The molecule has 5 nitrogen and oxygen atoms in total. The molecule has 1 rings (SSSR count). The molecule has 0 saturated carbocycles. The van der Waals surface area contributed by atoms with Gasteiger partial charge in [-0.2, -0.15) is 11.3 Å². The number of rotatable bonds is 6. The fourth-order valence-corrected chi connectivity index (χ4v) is 2.55. The number of hydrogen-bond acceptors (Lipinski definition) is 3. The van der Waals surface area contributed by atoms with E-state index in [9.17, 15) is 4.79 Å². The van der Waals surface area contributed by atoms with Crippen molar-refractivity contribution >= 4 is 47.2 Å². The summed E-state index contributed by atoms with van der Waals surface area (Å²) in [6.45, 7) is 9.95. The van der Waals surface area contributed by atoms with Crippen molar-refractivity contribution in [3.8, 4) is 0 Å². The van der Waals surface area contributed by atoms with E-state index in [2.05, 4.69) is 44.7 Å². The molecule has 0 saturated heterocycles. The number of aliphatic imine (C=N–C) groups is 1. The van der Waals surface area contributed by atoms with Gasteiger partial charge in [-0.3, -0.25) is 9.79 Å². The van der Waals surface area contributed by atoms with Crippen LogP contribution in [-0.4, -0.2) is 38.5 Å². The smallest absolute Gasteiger partial charge is 0.225 e. The number of amides is 1. The van der Waals surface area contributed by atoms with Crippen LogP contribution in [0.1, 0.15) is 39.2 Å². The first-order valence-electron chi connectivity index (χ1n) is 7.59. The number of thiophene rings is 1. The van der Waals surface area contributed by atoms with Crippen molar-refractivity contribution in [1.29, 1.82) is 0 Å². The van der Waals surface area contributed by atoms with Gasteiger partial charge in [0.1, 0.15) is 0 Å². The number of halogens is 1. The Morgan fingerprint density at radius 1 is 1.26 bits per heavy atom. The fraction of sp³-hybridized carbons (Fsp3) is 0.625. The van der Waals surface area contributed by atoms with E-state index >= 15 is 0 Å². The monoisotopic (exact) mass is 452 g/mol. The van der Waals surface area contributed by atoms with Crippen molar-refractivity contribution in [3.63, 3.8) is 0 Å². The molecule has 1 atom stereocenters. The minimum Gasteiger partial charge on any atom is -0.356 e. The molecule has 1 aromatic heterocycles. The SMILES string of the molecule is CN=C(NCCNC(=O)C(C)(C)C)NCC(C)c1ccsc1.I. The van der Waals surface area contributed by atoms with Crippen LogP contribution in [0.25, 0.3) is 0 Å². The van der Waals surface area contributed by atoms with Gasteiger partial charge >= 0.3 is 0 Å². The summed E-state index contributed by atoms with van der Waals surface area (Å²) < 4.78 is 0. The standard InChI is InChI=1S/C16H28N4OS.HI/c1-12(13-6-9-22-11-13)10-20-15(17-5)19-8-7-18-14(21)16(2,3)4;/h6,9,11-12H,7-8,10H2,1-5H3,(H,18,21)(H2,17,19,20);1H. The number of nitrogens with zero attached hydrogens (tertiary/aromatic N) is 1. The van der Waals surface area contributed by atoms with Crippen molar-refractivity contribution in [2.75, 3.05) is 26.7 Å². The summed E-state index contributed by atoms with van der Waals surface area (Å²) in [5.41, 5.74) is 0.987. The molecule has 0 bridgehead atoms. The molecule has 0 fully saturated rings. The number of guanidine groups is 1. The van der Waals surface area contributed by atoms with Gasteiger partial charge in [0.05, 0.1) is 0 Å². The fourth-order valence-electron chi connectivity index (χ4n) is 1.77. The second kappa shape index (κ2) is 10.9. The zero-order valence-corrected chi connectivity index (χ0v) is 17.7. The summed E-state index contributed by atoms with van der Waals surface area (Å²) in [7, 11) is 1.75. The highest BCUT2D eigenvalue weighted by atomic mass is 127. The number of carbonyl (C=O) groups is 1. The van der Waals surface area contributed by atoms with Gasteiger partial charge in [0.2, 0.25) is 5.91 Å². The van der Waals surface area contributed by atoms with Crippen LogP contribution in [-0.2, 0) is 4.79 Å². The summed E-state index contributed by atoms with van der Waals surface area (Å²) in [6.07, 6.45) is 0. The zero-order valence-electron chi connectivity index (χ0n) is 14.6. The van der Waals surface area contributed by atoms with Crippen molar-refractivity contribution in [2.24, 2.45) is 10.4 Å². The lowest BCUT2D eigenvalue weighted by Crippen LogP contribution is -2.44. The largest absolute Gasteiger partial charge is 0.356 e. The normalized spacial score (nSPS) is 13.0. The second-order valence-corrected chi connectivity index (χ2v) is 7.12. The van der Waals surface area contributed by atoms with Gasteiger partial charge in [-0.25, -0.2) is 0 Å². The Hall–Kier alpha value is -0.830. The van der Waals surface area contributed by atoms with Gasteiger partial charge < -0.3 is 16.0 Å². The average Bonchev–Trinajstić information content (AvgIpc) is 2.99. The molecule has 1 heterocycles. The molecule has 0 radical (unpaired) electrons. The van der Waals surface area contributed by atoms with E-state index in [4.69, 9.17) is 0 Å². The molecule has 1 amide bonds. The topological polar surface area (TPSA) is 65.5 Å². The molecule has 3 N–H and O–H groups in total. The Kier molecular flexibility index (Phi) is 10.5. The maximum Gasteiger partial charge on any atom is 0.225 e. The first-order valence-corrected chi connectivity index (χ1v) is 8.53. The van der Waals surface area contributed by atoms with Crippen LogP contribution in [0.5, 0.6) is 0 Å². The summed E-state index contributed by atoms with van der Waals surface area (Å²) >= 11 is 1.72. The number of carbonyl (C=O) groups excluding carboxylic acids is 1. The lowest BCUT2D eigenvalue weighted by molar-refractivity contribution is -0.128. The van der Waals surface area contributed by atoms with E-state index in [1.807, 2.05) is 20.8 Å². The van der Waals surface area contributed by atoms with Crippen molar-refractivity contribution in [3.05, 3.63) is 22.4 Å². The average molecular weight is 452 g/mol. The van der Waals surface area contributed by atoms with Crippen LogP contribution in [0.3, 0.4) is 0 Å². The lowest BCUT2D eigenvalue weighted by atomic mass is 9.96. The third kappa shape index (κ3) is 8.55. The Morgan fingerprint density at radius 3 is 2.43 bits per heavy atom. The predicted molar refractivity (Wildman–Crippen MR) is 110 cm³/mol. The van der Waals surface area contributed by atoms with Gasteiger partial charge in [-0.05, 0) is 28.3 Å². The van der Waals surface area contributed by atoms with E-state index in [1.165, 1.54) is 5.56 Å². The molecule has 23 heavy (non-hydrogen) atoms. The van der Waals surface area contributed by atoms with E-state index in [1.54, 1.807) is 18.4 Å². The molecule has 0 aliphatic carbocycles. The maximum absolute atomic E-state index is 11.7. The summed E-state index contributed by atoms with van der Waals surface area (Å²) in [6, 6.07) is 2.15. The Balaban J connectivity index is 0.00000484. The molecule has 7 heteroatoms. The summed E-state index contributed by atoms with van der Waals surface area (Å²) in [4.78, 5) is 15.9. The number of hydrogen-bond donors (Lipinski definition) is 3. The summed E-state index contributed by atoms with van der Waals surface area (Å²) in [5, 5.41) is 13.7. The van der Waals surface area contributed by atoms with Crippen LogP contribution >= 0.6 is 35.3 Å². The van der Waals surface area contributed by atoms with Crippen LogP contribution in [0.4, 0.5) is 0 Å². The minimum atomic E-state index is -0.351. The Bertz CT molecular complexity index is 483. The van der Waals surface area contributed by atoms with Gasteiger partial charge in [-0.15, -0.1) is 24.0 Å². The van der Waals surface area contributed by atoms with E-state index < -0.39 is 0 Å². The first kappa shape index (κ1) is 22.2. The molecule has 1 aromatic rings. The van der Waals surface area contributed by atoms with Crippen LogP contribution in [0.2, 0.25) is 0 Å². The van der Waals surface area contributed by atoms with Crippen LogP contribution in [0.15, 0.2) is 21.8 Å². The van der Waals surface area contributed by atoms with Crippen molar-refractivity contribution in [2.45, 2.75) is 33.6 Å². The van der Waals surface area contributed by atoms with Gasteiger partial charge in [-0.1, -0.05) is 27.7 Å². The highest BCUT2D eigenvalue weighted by Crippen LogP contribution is 2.16. The van der Waals surface area contributed by atoms with Gasteiger partial charge in [0, 0.05) is 32.1 Å². The van der Waals surface area contributed by atoms with E-state index in [0.717, 1.165) is 12.5 Å². The highest BCUT2D eigenvalue weighted by Gasteiger charge is 2.20. The van der Waals surface area contributed by atoms with Crippen LogP contribution < -0.4 is 16.0 Å². The molecule has 0 aliphatic rings.